The molecule has 8 nitrogen and oxygen atoms in total. The Morgan fingerprint density at radius 1 is 1.25 bits per heavy atom. The molecule has 0 aliphatic carbocycles. The summed E-state index contributed by atoms with van der Waals surface area (Å²) in [6.07, 6.45) is 4.66. The number of fused-ring (bicyclic) bond motifs is 1. The molecular formula is C21H21ClFN5O3S. The number of piperidine rings is 1. The second-order valence-corrected chi connectivity index (χ2v) is 8.83. The summed E-state index contributed by atoms with van der Waals surface area (Å²) in [5.74, 6) is -1.09. The van der Waals surface area contributed by atoms with Gasteiger partial charge in [-0.1, -0.05) is 29.0 Å². The van der Waals surface area contributed by atoms with E-state index in [-0.39, 0.29) is 29.4 Å². The first-order chi connectivity index (χ1) is 15.4. The van der Waals surface area contributed by atoms with Crippen molar-refractivity contribution in [2.75, 3.05) is 23.3 Å². The Balaban J connectivity index is 1.75. The van der Waals surface area contributed by atoms with Gasteiger partial charge < -0.3 is 10.2 Å². The fourth-order valence-electron chi connectivity index (χ4n) is 3.65. The van der Waals surface area contributed by atoms with E-state index in [1.807, 2.05) is 0 Å². The lowest BCUT2D eigenvalue weighted by Gasteiger charge is -2.25. The van der Waals surface area contributed by atoms with Gasteiger partial charge in [0, 0.05) is 19.6 Å². The van der Waals surface area contributed by atoms with Gasteiger partial charge in [0.05, 0.1) is 10.7 Å². The highest BCUT2D eigenvalue weighted by Gasteiger charge is 2.22. The zero-order valence-electron chi connectivity index (χ0n) is 17.1. The summed E-state index contributed by atoms with van der Waals surface area (Å²) < 4.78 is 15.8. The largest absolute Gasteiger partial charge is 0.348 e. The molecule has 11 heteroatoms. The molecule has 0 bridgehead atoms. The smallest absolute Gasteiger partial charge is 0.333 e. The standard InChI is InChI=1S/C21H21ClFN5O3S/c1-2-8-27-19(30)17-18(25-20(32-17)26-9-4-3-5-10-26)28(21(27)31)12-16(29)24-15-7-6-13(23)11-14(15)22/h2,6-7,11H,1,3-5,8-10,12H2,(H,24,29). The number of anilines is 2. The Labute approximate surface area is 191 Å². The van der Waals surface area contributed by atoms with Crippen molar-refractivity contribution in [3.05, 3.63) is 62.5 Å². The van der Waals surface area contributed by atoms with Crippen molar-refractivity contribution in [3.63, 3.8) is 0 Å². The van der Waals surface area contributed by atoms with Gasteiger partial charge in [-0.25, -0.2) is 14.2 Å². The number of hydrogen-bond donors (Lipinski definition) is 1. The van der Waals surface area contributed by atoms with Crippen molar-refractivity contribution < 1.29 is 9.18 Å². The number of aromatic nitrogens is 3. The van der Waals surface area contributed by atoms with E-state index < -0.39 is 23.0 Å². The molecular weight excluding hydrogens is 457 g/mol. The maximum Gasteiger partial charge on any atom is 0.333 e. The Kier molecular flexibility index (Phi) is 6.43. The Morgan fingerprint density at radius 3 is 2.69 bits per heavy atom. The molecule has 1 aliphatic heterocycles. The van der Waals surface area contributed by atoms with Gasteiger partial charge in [-0.3, -0.25) is 18.7 Å². The van der Waals surface area contributed by atoms with Gasteiger partial charge in [-0.05, 0) is 37.5 Å². The number of halogens is 2. The van der Waals surface area contributed by atoms with Gasteiger partial charge >= 0.3 is 5.69 Å². The highest BCUT2D eigenvalue weighted by atomic mass is 35.5. The number of amides is 1. The van der Waals surface area contributed by atoms with Crippen molar-refractivity contribution in [2.45, 2.75) is 32.4 Å². The van der Waals surface area contributed by atoms with Crippen molar-refractivity contribution in [3.8, 4) is 0 Å². The topological polar surface area (TPSA) is 89.2 Å². The van der Waals surface area contributed by atoms with Gasteiger partial charge in [0.15, 0.2) is 10.8 Å². The number of nitrogens with zero attached hydrogens (tertiary/aromatic N) is 4. The normalized spacial score (nSPS) is 14.0. The lowest BCUT2D eigenvalue weighted by Crippen LogP contribution is -2.41. The van der Waals surface area contributed by atoms with Crippen LogP contribution in [0.3, 0.4) is 0 Å². The molecule has 0 spiro atoms. The minimum absolute atomic E-state index is 0.00988. The molecule has 1 aliphatic rings. The van der Waals surface area contributed by atoms with Crippen LogP contribution in [-0.2, 0) is 17.9 Å². The van der Waals surface area contributed by atoms with Gasteiger partial charge in [0.2, 0.25) is 5.91 Å². The third-order valence-corrected chi connectivity index (χ3v) is 6.61. The van der Waals surface area contributed by atoms with E-state index in [2.05, 4.69) is 21.8 Å². The van der Waals surface area contributed by atoms with Crippen molar-refractivity contribution >= 4 is 50.0 Å². The van der Waals surface area contributed by atoms with E-state index in [4.69, 9.17) is 11.6 Å². The van der Waals surface area contributed by atoms with Crippen LogP contribution in [0.4, 0.5) is 15.2 Å². The fourth-order valence-corrected chi connectivity index (χ4v) is 4.93. The van der Waals surface area contributed by atoms with Crippen LogP contribution in [0.5, 0.6) is 0 Å². The molecule has 0 atom stereocenters. The lowest BCUT2D eigenvalue weighted by molar-refractivity contribution is -0.116. The van der Waals surface area contributed by atoms with Gasteiger partial charge in [0.1, 0.15) is 17.1 Å². The Hall–Kier alpha value is -2.98. The average Bonchev–Trinajstić information content (AvgIpc) is 3.22. The van der Waals surface area contributed by atoms with E-state index in [0.717, 1.165) is 43.0 Å². The molecule has 3 heterocycles. The van der Waals surface area contributed by atoms with Crippen LogP contribution >= 0.6 is 22.9 Å². The first-order valence-electron chi connectivity index (χ1n) is 10.1. The van der Waals surface area contributed by atoms with Crippen molar-refractivity contribution in [1.82, 2.24) is 14.1 Å². The van der Waals surface area contributed by atoms with E-state index in [1.165, 1.54) is 34.1 Å². The van der Waals surface area contributed by atoms with E-state index in [1.54, 1.807) is 0 Å². The zero-order valence-corrected chi connectivity index (χ0v) is 18.7. The summed E-state index contributed by atoms with van der Waals surface area (Å²) >= 11 is 7.20. The summed E-state index contributed by atoms with van der Waals surface area (Å²) in [4.78, 5) is 45.4. The number of nitrogens with one attached hydrogen (secondary N) is 1. The molecule has 168 valence electrons. The molecule has 0 radical (unpaired) electrons. The van der Waals surface area contributed by atoms with Crippen LogP contribution in [0.25, 0.3) is 10.3 Å². The van der Waals surface area contributed by atoms with Crippen LogP contribution in [0.15, 0.2) is 40.4 Å². The van der Waals surface area contributed by atoms with Crippen molar-refractivity contribution in [1.29, 1.82) is 0 Å². The molecule has 0 saturated carbocycles. The van der Waals surface area contributed by atoms with Gasteiger partial charge in [-0.15, -0.1) is 6.58 Å². The predicted octanol–water partition coefficient (Wildman–Crippen LogP) is 3.23. The monoisotopic (exact) mass is 477 g/mol. The molecule has 1 saturated heterocycles. The van der Waals surface area contributed by atoms with Crippen LogP contribution in [0.1, 0.15) is 19.3 Å². The minimum Gasteiger partial charge on any atom is -0.348 e. The predicted molar refractivity (Wildman–Crippen MR) is 124 cm³/mol. The summed E-state index contributed by atoms with van der Waals surface area (Å²) in [6, 6.07) is 3.59. The number of benzene rings is 1. The third kappa shape index (κ3) is 4.33. The maximum absolute atomic E-state index is 13.3. The Bertz CT molecular complexity index is 1310. The lowest BCUT2D eigenvalue weighted by atomic mass is 10.1. The summed E-state index contributed by atoms with van der Waals surface area (Å²) in [5.41, 5.74) is -0.720. The number of rotatable bonds is 6. The molecule has 0 unspecified atom stereocenters. The van der Waals surface area contributed by atoms with Gasteiger partial charge in [-0.2, -0.15) is 0 Å². The van der Waals surface area contributed by atoms with Crippen LogP contribution < -0.4 is 21.5 Å². The summed E-state index contributed by atoms with van der Waals surface area (Å²) in [6.45, 7) is 4.89. The molecule has 4 rings (SSSR count). The summed E-state index contributed by atoms with van der Waals surface area (Å²) in [5, 5.41) is 3.27. The van der Waals surface area contributed by atoms with E-state index >= 15 is 0 Å². The second-order valence-electron chi connectivity index (χ2n) is 7.44. The molecule has 32 heavy (non-hydrogen) atoms. The number of allylic oxidation sites excluding steroid dienone is 1. The number of carbonyl (C=O) groups excluding carboxylic acids is 1. The molecule has 1 aromatic carbocycles. The van der Waals surface area contributed by atoms with Crippen LogP contribution in [0, 0.1) is 5.82 Å². The summed E-state index contributed by atoms with van der Waals surface area (Å²) in [7, 11) is 0. The molecule has 1 N–H and O–H groups in total. The SMILES string of the molecule is C=CCn1c(=O)c2sc(N3CCCCC3)nc2n(CC(=O)Nc2ccc(F)cc2Cl)c1=O. The van der Waals surface area contributed by atoms with E-state index in [0.29, 0.717) is 9.83 Å². The fraction of sp³-hybridized carbons (Fsp3) is 0.333. The molecule has 1 amide bonds. The maximum atomic E-state index is 13.3. The number of thiazole rings is 1. The average molecular weight is 478 g/mol. The third-order valence-electron chi connectivity index (χ3n) is 5.20. The van der Waals surface area contributed by atoms with Crippen LogP contribution in [0.2, 0.25) is 5.02 Å². The van der Waals surface area contributed by atoms with Crippen molar-refractivity contribution in [2.24, 2.45) is 0 Å². The van der Waals surface area contributed by atoms with Crippen LogP contribution in [-0.4, -0.2) is 33.1 Å². The minimum atomic E-state index is -0.654. The van der Waals surface area contributed by atoms with E-state index in [9.17, 15) is 18.8 Å². The second kappa shape index (κ2) is 9.25. The zero-order chi connectivity index (χ0) is 22.8. The quantitative estimate of drug-likeness (QED) is 0.550. The number of hydrogen-bond acceptors (Lipinski definition) is 6. The first-order valence-corrected chi connectivity index (χ1v) is 11.3. The Morgan fingerprint density at radius 2 is 2.00 bits per heavy atom. The molecule has 1 fully saturated rings. The first kappa shape index (κ1) is 22.2. The highest BCUT2D eigenvalue weighted by Crippen LogP contribution is 2.28. The van der Waals surface area contributed by atoms with Gasteiger partial charge in [0.25, 0.3) is 5.56 Å². The molecule has 3 aromatic rings. The highest BCUT2D eigenvalue weighted by molar-refractivity contribution is 7.22. The number of carbonyl (C=O) groups is 1. The molecule has 2 aromatic heterocycles.